The maximum Gasteiger partial charge on any atom is 0.341 e. The lowest BCUT2D eigenvalue weighted by molar-refractivity contribution is 0.0601. The zero-order valence-corrected chi connectivity index (χ0v) is 11.3. The molecular weight excluding hydrogens is 296 g/mol. The number of aromatic nitrogens is 1. The molecule has 0 spiro atoms. The summed E-state index contributed by atoms with van der Waals surface area (Å²) in [5, 5.41) is 3.08. The van der Waals surface area contributed by atoms with Crippen molar-refractivity contribution >= 4 is 33.4 Å². The molecule has 0 aliphatic heterocycles. The van der Waals surface area contributed by atoms with E-state index in [9.17, 15) is 4.79 Å². The smallest absolute Gasteiger partial charge is 0.341 e. The van der Waals surface area contributed by atoms with E-state index in [2.05, 4.69) is 26.2 Å². The lowest BCUT2D eigenvalue weighted by atomic mass is 10.2. The maximum absolute atomic E-state index is 11.7. The molecule has 0 unspecified atom stereocenters. The third-order valence-corrected chi connectivity index (χ3v) is 2.73. The van der Waals surface area contributed by atoms with E-state index in [0.29, 0.717) is 11.4 Å². The molecule has 4 nitrogen and oxygen atoms in total. The molecule has 0 radical (unpaired) electrons. The summed E-state index contributed by atoms with van der Waals surface area (Å²) in [6, 6.07) is 11.2. The number of halogens is 1. The van der Waals surface area contributed by atoms with Gasteiger partial charge in [-0.15, -0.1) is 0 Å². The minimum Gasteiger partial charge on any atom is -0.465 e. The van der Waals surface area contributed by atoms with E-state index in [1.165, 1.54) is 7.11 Å². The number of para-hydroxylation sites is 1. The summed E-state index contributed by atoms with van der Waals surface area (Å²) in [6.45, 7) is 0. The molecule has 92 valence electrons. The van der Waals surface area contributed by atoms with E-state index in [4.69, 9.17) is 4.74 Å². The number of pyridine rings is 1. The first-order valence-corrected chi connectivity index (χ1v) is 6.06. The van der Waals surface area contributed by atoms with Crippen LogP contribution in [0.25, 0.3) is 0 Å². The second kappa shape index (κ2) is 5.64. The molecule has 2 rings (SSSR count). The van der Waals surface area contributed by atoms with Gasteiger partial charge in [-0.05, 0) is 34.1 Å². The minimum absolute atomic E-state index is 0.385. The standard InChI is InChI=1S/C13H11BrN2O2/c1-18-13(17)11-7-9(14)8-15-12(11)16-10-5-3-2-4-6-10/h2-8H,1H3,(H,15,16). The maximum atomic E-state index is 11.7. The number of carbonyl (C=O) groups excluding carboxylic acids is 1. The second-order valence-corrected chi connectivity index (χ2v) is 4.45. The SMILES string of the molecule is COC(=O)c1cc(Br)cnc1Nc1ccccc1. The first-order valence-electron chi connectivity index (χ1n) is 5.26. The average Bonchev–Trinajstić information content (AvgIpc) is 2.41. The number of esters is 1. The van der Waals surface area contributed by atoms with Gasteiger partial charge in [-0.3, -0.25) is 0 Å². The lowest BCUT2D eigenvalue weighted by Crippen LogP contribution is -2.07. The zero-order chi connectivity index (χ0) is 13.0. The van der Waals surface area contributed by atoms with Crippen LogP contribution in [0.5, 0.6) is 0 Å². The Morgan fingerprint density at radius 1 is 1.33 bits per heavy atom. The number of nitrogens with zero attached hydrogens (tertiary/aromatic N) is 1. The molecule has 1 N–H and O–H groups in total. The van der Waals surface area contributed by atoms with Crippen molar-refractivity contribution in [2.75, 3.05) is 12.4 Å². The Bertz CT molecular complexity index is 558. The summed E-state index contributed by atoms with van der Waals surface area (Å²) in [4.78, 5) is 15.8. The van der Waals surface area contributed by atoms with E-state index in [-0.39, 0.29) is 0 Å². The van der Waals surface area contributed by atoms with E-state index in [1.54, 1.807) is 12.3 Å². The van der Waals surface area contributed by atoms with Crippen LogP contribution in [0.15, 0.2) is 47.1 Å². The molecule has 0 aliphatic rings. The summed E-state index contributed by atoms with van der Waals surface area (Å²) in [5.41, 5.74) is 1.24. The molecular formula is C13H11BrN2O2. The molecule has 0 saturated heterocycles. The van der Waals surface area contributed by atoms with Gasteiger partial charge in [0.25, 0.3) is 0 Å². The largest absolute Gasteiger partial charge is 0.465 e. The fourth-order valence-corrected chi connectivity index (χ4v) is 1.79. The Kier molecular flexibility index (Phi) is 3.94. The molecule has 0 amide bonds. The molecule has 18 heavy (non-hydrogen) atoms. The Morgan fingerprint density at radius 3 is 2.72 bits per heavy atom. The average molecular weight is 307 g/mol. The fourth-order valence-electron chi connectivity index (χ4n) is 1.46. The van der Waals surface area contributed by atoms with Crippen molar-refractivity contribution in [3.05, 3.63) is 52.6 Å². The number of ether oxygens (including phenoxy) is 1. The predicted molar refractivity (Wildman–Crippen MR) is 73.0 cm³/mol. The highest BCUT2D eigenvalue weighted by Gasteiger charge is 2.13. The Hall–Kier alpha value is -1.88. The topological polar surface area (TPSA) is 51.2 Å². The van der Waals surface area contributed by atoms with Crippen LogP contribution in [0.1, 0.15) is 10.4 Å². The van der Waals surface area contributed by atoms with Gasteiger partial charge in [-0.2, -0.15) is 0 Å². The van der Waals surface area contributed by atoms with Crippen molar-refractivity contribution in [2.45, 2.75) is 0 Å². The lowest BCUT2D eigenvalue weighted by Gasteiger charge is -2.09. The number of rotatable bonds is 3. The molecule has 1 aromatic carbocycles. The third-order valence-electron chi connectivity index (χ3n) is 2.30. The van der Waals surface area contributed by atoms with Crippen LogP contribution in [-0.4, -0.2) is 18.1 Å². The van der Waals surface area contributed by atoms with Crippen LogP contribution in [0.3, 0.4) is 0 Å². The van der Waals surface area contributed by atoms with Gasteiger partial charge in [0.05, 0.1) is 7.11 Å². The van der Waals surface area contributed by atoms with Crippen molar-refractivity contribution in [1.82, 2.24) is 4.98 Å². The van der Waals surface area contributed by atoms with E-state index >= 15 is 0 Å². The van der Waals surface area contributed by atoms with Gasteiger partial charge in [0.15, 0.2) is 0 Å². The van der Waals surface area contributed by atoms with Crippen molar-refractivity contribution in [1.29, 1.82) is 0 Å². The van der Waals surface area contributed by atoms with Gasteiger partial charge in [0.2, 0.25) is 0 Å². The molecule has 0 bridgehead atoms. The molecule has 1 aromatic heterocycles. The van der Waals surface area contributed by atoms with Gasteiger partial charge < -0.3 is 10.1 Å². The molecule has 1 heterocycles. The predicted octanol–water partition coefficient (Wildman–Crippen LogP) is 3.37. The summed E-state index contributed by atoms with van der Waals surface area (Å²) in [5.74, 6) is 0.0403. The van der Waals surface area contributed by atoms with Gasteiger partial charge in [0, 0.05) is 16.4 Å². The summed E-state index contributed by atoms with van der Waals surface area (Å²) < 4.78 is 5.45. The monoisotopic (exact) mass is 306 g/mol. The highest BCUT2D eigenvalue weighted by molar-refractivity contribution is 9.10. The number of anilines is 2. The number of hydrogen-bond acceptors (Lipinski definition) is 4. The number of methoxy groups -OCH3 is 1. The van der Waals surface area contributed by atoms with Gasteiger partial charge >= 0.3 is 5.97 Å². The summed E-state index contributed by atoms with van der Waals surface area (Å²) in [7, 11) is 1.34. The Balaban J connectivity index is 2.35. The number of carbonyl (C=O) groups is 1. The van der Waals surface area contributed by atoms with Crippen LogP contribution >= 0.6 is 15.9 Å². The molecule has 5 heteroatoms. The molecule has 2 aromatic rings. The van der Waals surface area contributed by atoms with E-state index in [0.717, 1.165) is 10.2 Å². The molecule has 0 saturated carbocycles. The number of benzene rings is 1. The van der Waals surface area contributed by atoms with Crippen molar-refractivity contribution in [2.24, 2.45) is 0 Å². The van der Waals surface area contributed by atoms with Gasteiger partial charge in [-0.25, -0.2) is 9.78 Å². The van der Waals surface area contributed by atoms with Crippen molar-refractivity contribution in [3.8, 4) is 0 Å². The van der Waals surface area contributed by atoms with E-state index in [1.807, 2.05) is 30.3 Å². The number of nitrogens with one attached hydrogen (secondary N) is 1. The summed E-state index contributed by atoms with van der Waals surface area (Å²) >= 11 is 3.28. The highest BCUT2D eigenvalue weighted by Crippen LogP contribution is 2.22. The van der Waals surface area contributed by atoms with Crippen LogP contribution in [-0.2, 0) is 4.74 Å². The Labute approximate surface area is 113 Å². The highest BCUT2D eigenvalue weighted by atomic mass is 79.9. The van der Waals surface area contributed by atoms with Gasteiger partial charge in [-0.1, -0.05) is 18.2 Å². The third kappa shape index (κ3) is 2.87. The Morgan fingerprint density at radius 2 is 2.06 bits per heavy atom. The molecule has 0 aliphatic carbocycles. The second-order valence-electron chi connectivity index (χ2n) is 3.53. The quantitative estimate of drug-likeness (QED) is 0.883. The van der Waals surface area contributed by atoms with E-state index < -0.39 is 5.97 Å². The van der Waals surface area contributed by atoms with Crippen LogP contribution in [0.4, 0.5) is 11.5 Å². The van der Waals surface area contributed by atoms with Crippen molar-refractivity contribution in [3.63, 3.8) is 0 Å². The van der Waals surface area contributed by atoms with Crippen molar-refractivity contribution < 1.29 is 9.53 Å². The van der Waals surface area contributed by atoms with Crippen LogP contribution < -0.4 is 5.32 Å². The van der Waals surface area contributed by atoms with Gasteiger partial charge in [0.1, 0.15) is 11.4 Å². The molecule has 0 fully saturated rings. The fraction of sp³-hybridized carbons (Fsp3) is 0.0769. The molecule has 0 atom stereocenters. The summed E-state index contributed by atoms with van der Waals surface area (Å²) in [6.07, 6.45) is 1.62. The first kappa shape index (κ1) is 12.6. The zero-order valence-electron chi connectivity index (χ0n) is 9.68. The van der Waals surface area contributed by atoms with Crippen LogP contribution in [0.2, 0.25) is 0 Å². The number of hydrogen-bond donors (Lipinski definition) is 1. The minimum atomic E-state index is -0.428. The van der Waals surface area contributed by atoms with Crippen LogP contribution in [0, 0.1) is 0 Å². The normalized spacial score (nSPS) is 9.89. The first-order chi connectivity index (χ1) is 8.70.